The van der Waals surface area contributed by atoms with Gasteiger partial charge in [0, 0.05) is 11.1 Å². The fraction of sp³-hybridized carbons (Fsp3) is 0. The maximum Gasteiger partial charge on any atom is 0.204 e. The van der Waals surface area contributed by atoms with Crippen LogP contribution in [0.4, 0.5) is 13.2 Å². The molecule has 2 aromatic carbocycles. The van der Waals surface area contributed by atoms with Gasteiger partial charge in [0.25, 0.3) is 0 Å². The minimum Gasteiger partial charge on any atom is -0.508 e. The van der Waals surface area contributed by atoms with Gasteiger partial charge in [0.2, 0.25) is 5.82 Å². The summed E-state index contributed by atoms with van der Waals surface area (Å²) < 4.78 is 39.1. The standard InChI is InChI=1S/C12H7F3O3/c13-8-4-7(12(18)11(15)10(8)14)6-3-5(16)1-2-9(6)17/h1-4,16-18H. The SMILES string of the molecule is Oc1ccc(O)c(-c2cc(F)c(F)c(F)c2O)c1. The van der Waals surface area contributed by atoms with Crippen LogP contribution < -0.4 is 0 Å². The first-order chi connectivity index (χ1) is 8.41. The number of benzene rings is 2. The zero-order valence-electron chi connectivity index (χ0n) is 8.78. The van der Waals surface area contributed by atoms with E-state index in [9.17, 15) is 28.5 Å². The van der Waals surface area contributed by atoms with Crippen molar-refractivity contribution in [3.63, 3.8) is 0 Å². The summed E-state index contributed by atoms with van der Waals surface area (Å²) in [5.41, 5.74) is -0.676. The van der Waals surface area contributed by atoms with Crippen LogP contribution in [0.15, 0.2) is 24.3 Å². The van der Waals surface area contributed by atoms with Crippen LogP contribution in [0, 0.1) is 17.5 Å². The van der Waals surface area contributed by atoms with Crippen molar-refractivity contribution in [2.45, 2.75) is 0 Å². The van der Waals surface area contributed by atoms with Gasteiger partial charge in [-0.25, -0.2) is 8.78 Å². The molecule has 3 nitrogen and oxygen atoms in total. The third-order valence-corrected chi connectivity index (χ3v) is 2.41. The average molecular weight is 256 g/mol. The van der Waals surface area contributed by atoms with Crippen molar-refractivity contribution < 1.29 is 28.5 Å². The van der Waals surface area contributed by atoms with Crippen LogP contribution in [0.3, 0.4) is 0 Å². The molecule has 18 heavy (non-hydrogen) atoms. The lowest BCUT2D eigenvalue weighted by Crippen LogP contribution is -1.94. The maximum absolute atomic E-state index is 13.2. The second kappa shape index (κ2) is 4.14. The lowest BCUT2D eigenvalue weighted by atomic mass is 10.0. The van der Waals surface area contributed by atoms with E-state index in [1.807, 2.05) is 0 Å². The van der Waals surface area contributed by atoms with Crippen LogP contribution in [0.25, 0.3) is 11.1 Å². The highest BCUT2D eigenvalue weighted by Gasteiger charge is 2.20. The van der Waals surface area contributed by atoms with Crippen LogP contribution >= 0.6 is 0 Å². The molecule has 2 aromatic rings. The van der Waals surface area contributed by atoms with Crippen LogP contribution in [0.5, 0.6) is 17.2 Å². The third kappa shape index (κ3) is 1.81. The van der Waals surface area contributed by atoms with Crippen molar-refractivity contribution >= 4 is 0 Å². The van der Waals surface area contributed by atoms with E-state index in [1.165, 1.54) is 0 Å². The highest BCUT2D eigenvalue weighted by atomic mass is 19.2. The van der Waals surface area contributed by atoms with Crippen molar-refractivity contribution in [1.29, 1.82) is 0 Å². The molecule has 94 valence electrons. The monoisotopic (exact) mass is 256 g/mol. The Morgan fingerprint density at radius 2 is 1.44 bits per heavy atom. The maximum atomic E-state index is 13.2. The minimum absolute atomic E-state index is 0.217. The van der Waals surface area contributed by atoms with Gasteiger partial charge in [-0.1, -0.05) is 0 Å². The van der Waals surface area contributed by atoms with Gasteiger partial charge in [0.15, 0.2) is 17.4 Å². The molecule has 0 fully saturated rings. The highest BCUT2D eigenvalue weighted by molar-refractivity contribution is 5.76. The van der Waals surface area contributed by atoms with E-state index in [4.69, 9.17) is 0 Å². The van der Waals surface area contributed by atoms with E-state index < -0.39 is 34.5 Å². The van der Waals surface area contributed by atoms with Crippen LogP contribution in [0.2, 0.25) is 0 Å². The summed E-state index contributed by atoms with van der Waals surface area (Å²) in [6.45, 7) is 0. The summed E-state index contributed by atoms with van der Waals surface area (Å²) in [5.74, 6) is -6.93. The lowest BCUT2D eigenvalue weighted by molar-refractivity contribution is 0.388. The number of hydrogen-bond donors (Lipinski definition) is 3. The molecule has 0 aliphatic rings. The van der Waals surface area contributed by atoms with Crippen LogP contribution in [-0.2, 0) is 0 Å². The third-order valence-electron chi connectivity index (χ3n) is 2.41. The van der Waals surface area contributed by atoms with Crippen molar-refractivity contribution in [1.82, 2.24) is 0 Å². The molecule has 0 heterocycles. The number of hydrogen-bond acceptors (Lipinski definition) is 3. The molecular weight excluding hydrogens is 249 g/mol. The first-order valence-corrected chi connectivity index (χ1v) is 4.80. The van der Waals surface area contributed by atoms with Crippen LogP contribution in [0.1, 0.15) is 0 Å². The smallest absolute Gasteiger partial charge is 0.204 e. The zero-order chi connectivity index (χ0) is 13.4. The molecule has 0 aliphatic carbocycles. The predicted octanol–water partition coefficient (Wildman–Crippen LogP) is 2.89. The van der Waals surface area contributed by atoms with Crippen molar-refractivity contribution in [3.05, 3.63) is 41.7 Å². The summed E-state index contributed by atoms with van der Waals surface area (Å²) in [6, 6.07) is 3.73. The molecule has 0 aliphatic heterocycles. The number of phenolic OH excluding ortho intramolecular Hbond substituents is 3. The summed E-state index contributed by atoms with van der Waals surface area (Å²) >= 11 is 0. The minimum atomic E-state index is -1.81. The van der Waals surface area contributed by atoms with E-state index in [0.29, 0.717) is 6.07 Å². The first kappa shape index (κ1) is 12.1. The number of aromatic hydroxyl groups is 3. The number of halogens is 3. The Morgan fingerprint density at radius 3 is 2.11 bits per heavy atom. The Balaban J connectivity index is 2.75. The summed E-state index contributed by atoms with van der Waals surface area (Å²) in [6.07, 6.45) is 0. The Hall–Kier alpha value is -2.37. The Morgan fingerprint density at radius 1 is 0.778 bits per heavy atom. The Kier molecular flexibility index (Phi) is 2.78. The lowest BCUT2D eigenvalue weighted by Gasteiger charge is -2.09. The average Bonchev–Trinajstić information content (AvgIpc) is 2.34. The van der Waals surface area contributed by atoms with Gasteiger partial charge in [-0.2, -0.15) is 4.39 Å². The van der Waals surface area contributed by atoms with Gasteiger partial charge < -0.3 is 15.3 Å². The molecule has 0 atom stereocenters. The molecule has 0 saturated heterocycles. The molecule has 0 spiro atoms. The summed E-state index contributed by atoms with van der Waals surface area (Å²) in [7, 11) is 0. The Labute approximate surface area is 99.4 Å². The number of rotatable bonds is 1. The van der Waals surface area contributed by atoms with E-state index in [2.05, 4.69) is 0 Å². The quantitative estimate of drug-likeness (QED) is 0.543. The molecule has 0 amide bonds. The fourth-order valence-electron chi connectivity index (χ4n) is 1.53. The molecule has 0 aromatic heterocycles. The van der Waals surface area contributed by atoms with E-state index in [1.54, 1.807) is 0 Å². The topological polar surface area (TPSA) is 60.7 Å². The van der Waals surface area contributed by atoms with Gasteiger partial charge in [0.05, 0.1) is 0 Å². The van der Waals surface area contributed by atoms with Crippen molar-refractivity contribution in [2.75, 3.05) is 0 Å². The van der Waals surface area contributed by atoms with E-state index in [-0.39, 0.29) is 11.3 Å². The van der Waals surface area contributed by atoms with Gasteiger partial charge in [0.1, 0.15) is 11.5 Å². The fourth-order valence-corrected chi connectivity index (χ4v) is 1.53. The zero-order valence-corrected chi connectivity index (χ0v) is 8.78. The second-order valence-electron chi connectivity index (χ2n) is 3.58. The molecular formula is C12H7F3O3. The summed E-state index contributed by atoms with van der Waals surface area (Å²) in [5, 5.41) is 28.1. The van der Waals surface area contributed by atoms with Gasteiger partial charge in [-0.3, -0.25) is 0 Å². The van der Waals surface area contributed by atoms with Crippen molar-refractivity contribution in [3.8, 4) is 28.4 Å². The highest BCUT2D eigenvalue weighted by Crippen LogP contribution is 2.39. The van der Waals surface area contributed by atoms with Crippen LogP contribution in [-0.4, -0.2) is 15.3 Å². The Bertz CT molecular complexity index is 626. The largest absolute Gasteiger partial charge is 0.508 e. The normalized spacial score (nSPS) is 10.6. The van der Waals surface area contributed by atoms with Gasteiger partial charge >= 0.3 is 0 Å². The van der Waals surface area contributed by atoms with E-state index >= 15 is 0 Å². The molecule has 0 unspecified atom stereocenters. The molecule has 3 N–H and O–H groups in total. The summed E-state index contributed by atoms with van der Waals surface area (Å²) in [4.78, 5) is 0. The molecule has 0 saturated carbocycles. The second-order valence-corrected chi connectivity index (χ2v) is 3.58. The first-order valence-electron chi connectivity index (χ1n) is 4.80. The predicted molar refractivity (Wildman–Crippen MR) is 56.7 cm³/mol. The van der Waals surface area contributed by atoms with Gasteiger partial charge in [-0.15, -0.1) is 0 Å². The van der Waals surface area contributed by atoms with Crippen molar-refractivity contribution in [2.24, 2.45) is 0 Å². The van der Waals surface area contributed by atoms with Gasteiger partial charge in [-0.05, 0) is 24.3 Å². The van der Waals surface area contributed by atoms with E-state index in [0.717, 1.165) is 18.2 Å². The molecule has 2 rings (SSSR count). The molecule has 0 bridgehead atoms. The number of phenols is 3. The molecule has 0 radical (unpaired) electrons. The molecule has 6 heteroatoms.